The Kier molecular flexibility index (Phi) is 6.14. The SMILES string of the molecule is CC(C)(C)[Si](C)(C)OCCN1CCOc2n[nH]c3nc(-c4noc5c4CCC[C@@]54CCCCC4=O)nc1c23. The van der Waals surface area contributed by atoms with E-state index in [1.54, 1.807) is 0 Å². The van der Waals surface area contributed by atoms with Crippen LogP contribution >= 0.6 is 0 Å². The lowest BCUT2D eigenvalue weighted by atomic mass is 9.64. The Morgan fingerprint density at radius 2 is 1.95 bits per heavy atom. The van der Waals surface area contributed by atoms with Crippen LogP contribution in [0.5, 0.6) is 5.88 Å². The van der Waals surface area contributed by atoms with Crippen molar-refractivity contribution in [2.24, 2.45) is 0 Å². The molecule has 11 heteroatoms. The summed E-state index contributed by atoms with van der Waals surface area (Å²) in [4.78, 5) is 25.2. The highest BCUT2D eigenvalue weighted by atomic mass is 28.4. The molecule has 1 N–H and O–H groups in total. The normalized spacial score (nSPS) is 22.0. The van der Waals surface area contributed by atoms with Gasteiger partial charge >= 0.3 is 0 Å². The van der Waals surface area contributed by atoms with E-state index in [-0.39, 0.29) is 5.04 Å². The van der Waals surface area contributed by atoms with Gasteiger partial charge in [-0.1, -0.05) is 32.3 Å². The molecule has 0 saturated heterocycles. The molecule has 1 fully saturated rings. The number of nitrogens with zero attached hydrogens (tertiary/aromatic N) is 5. The topological polar surface area (TPSA) is 119 Å². The van der Waals surface area contributed by atoms with Crippen LogP contribution in [-0.4, -0.2) is 65.7 Å². The van der Waals surface area contributed by atoms with Gasteiger partial charge in [0.15, 0.2) is 31.2 Å². The van der Waals surface area contributed by atoms with Crippen LogP contribution in [0.2, 0.25) is 18.1 Å². The van der Waals surface area contributed by atoms with Crippen molar-refractivity contribution in [3.05, 3.63) is 11.3 Å². The molecule has 3 aromatic rings. The molecule has 0 bridgehead atoms. The number of ether oxygens (including phenoxy) is 1. The summed E-state index contributed by atoms with van der Waals surface area (Å²) in [6.45, 7) is 13.7. The van der Waals surface area contributed by atoms with Gasteiger partial charge in [-0.3, -0.25) is 9.89 Å². The van der Waals surface area contributed by atoms with Gasteiger partial charge in [0.05, 0.1) is 18.6 Å². The Hall–Kier alpha value is -2.79. The highest BCUT2D eigenvalue weighted by molar-refractivity contribution is 6.74. The average molecular weight is 539 g/mol. The first-order valence-corrected chi connectivity index (χ1v) is 16.8. The van der Waals surface area contributed by atoms with E-state index < -0.39 is 13.7 Å². The fourth-order valence-electron chi connectivity index (χ4n) is 5.90. The van der Waals surface area contributed by atoms with E-state index in [0.29, 0.717) is 61.6 Å². The number of hydrogen-bond acceptors (Lipinski definition) is 9. The Labute approximate surface area is 224 Å². The lowest BCUT2D eigenvalue weighted by molar-refractivity contribution is -0.128. The first kappa shape index (κ1) is 25.5. The van der Waals surface area contributed by atoms with E-state index in [1.165, 1.54) is 0 Å². The van der Waals surface area contributed by atoms with Crippen molar-refractivity contribution in [1.29, 1.82) is 0 Å². The van der Waals surface area contributed by atoms with Crippen molar-refractivity contribution in [2.75, 3.05) is 31.2 Å². The molecule has 1 atom stereocenters. The fourth-order valence-corrected chi connectivity index (χ4v) is 6.93. The molecule has 2 aliphatic carbocycles. The Bertz CT molecular complexity index is 1380. The zero-order valence-electron chi connectivity index (χ0n) is 23.1. The van der Waals surface area contributed by atoms with Crippen LogP contribution in [0, 0.1) is 0 Å². The third-order valence-corrected chi connectivity index (χ3v) is 13.7. The number of nitrogens with one attached hydrogen (secondary N) is 1. The molecular formula is C27H38N6O4Si. The molecule has 10 nitrogen and oxygen atoms in total. The number of carbonyl (C=O) groups is 1. The largest absolute Gasteiger partial charge is 0.474 e. The minimum atomic E-state index is -1.88. The third kappa shape index (κ3) is 4.05. The van der Waals surface area contributed by atoms with Crippen LogP contribution in [0.4, 0.5) is 5.82 Å². The molecule has 6 rings (SSSR count). The molecule has 38 heavy (non-hydrogen) atoms. The second kappa shape index (κ2) is 9.15. The predicted molar refractivity (Wildman–Crippen MR) is 146 cm³/mol. The van der Waals surface area contributed by atoms with Gasteiger partial charge in [-0.25, -0.2) is 9.97 Å². The predicted octanol–water partition coefficient (Wildman–Crippen LogP) is 4.95. The van der Waals surface area contributed by atoms with Crippen LogP contribution in [0.3, 0.4) is 0 Å². The maximum atomic E-state index is 13.1. The second-order valence-corrected chi connectivity index (χ2v) is 17.3. The smallest absolute Gasteiger partial charge is 0.246 e. The molecule has 1 aliphatic heterocycles. The summed E-state index contributed by atoms with van der Waals surface area (Å²) >= 11 is 0. The van der Waals surface area contributed by atoms with Crippen LogP contribution in [0.1, 0.15) is 70.6 Å². The molecule has 0 aromatic carbocycles. The van der Waals surface area contributed by atoms with Crippen LogP contribution in [-0.2, 0) is 21.1 Å². The second-order valence-electron chi connectivity index (χ2n) is 12.5. The van der Waals surface area contributed by atoms with Gasteiger partial charge in [0.25, 0.3) is 0 Å². The zero-order valence-corrected chi connectivity index (χ0v) is 24.1. The number of carbonyl (C=O) groups excluding carboxylic acids is 1. The number of Topliss-reactive ketones (excluding diaryl/α,β-unsaturated/α-hetero) is 1. The van der Waals surface area contributed by atoms with Gasteiger partial charge < -0.3 is 18.6 Å². The van der Waals surface area contributed by atoms with Gasteiger partial charge in [0.1, 0.15) is 23.6 Å². The van der Waals surface area contributed by atoms with E-state index in [0.717, 1.165) is 61.1 Å². The van der Waals surface area contributed by atoms with Crippen LogP contribution in [0.15, 0.2) is 4.52 Å². The molecule has 0 unspecified atom stereocenters. The molecule has 0 radical (unpaired) electrons. The summed E-state index contributed by atoms with van der Waals surface area (Å²) < 4.78 is 18.4. The lowest BCUT2D eigenvalue weighted by Gasteiger charge is -2.37. The molecule has 0 amide bonds. The first-order valence-electron chi connectivity index (χ1n) is 13.9. The summed E-state index contributed by atoms with van der Waals surface area (Å²) in [7, 11) is -1.88. The third-order valence-electron chi connectivity index (χ3n) is 9.15. The minimum Gasteiger partial charge on any atom is -0.474 e. The van der Waals surface area contributed by atoms with E-state index in [2.05, 4.69) is 54.1 Å². The zero-order chi connectivity index (χ0) is 26.7. The van der Waals surface area contributed by atoms with Gasteiger partial charge in [0, 0.05) is 18.5 Å². The van der Waals surface area contributed by atoms with Crippen LogP contribution < -0.4 is 9.64 Å². The molecule has 1 saturated carbocycles. The maximum absolute atomic E-state index is 13.1. The first-order chi connectivity index (χ1) is 18.1. The quantitative estimate of drug-likeness (QED) is 0.450. The monoisotopic (exact) mass is 538 g/mol. The van der Waals surface area contributed by atoms with E-state index >= 15 is 0 Å². The number of hydrogen-bond donors (Lipinski definition) is 1. The van der Waals surface area contributed by atoms with Gasteiger partial charge in [0.2, 0.25) is 5.88 Å². The molecule has 4 heterocycles. The number of aromatic nitrogens is 5. The van der Waals surface area contributed by atoms with Crippen LogP contribution in [0.25, 0.3) is 22.6 Å². The number of H-pyrrole nitrogens is 1. The standard InChI is InChI=1S/C27H38N6O4Si/c1-26(2,3)38(4,5)36-16-14-33-13-15-35-25-19-22(30-31-25)28-23(29-24(19)33)20-17-9-8-12-27(21(17)37-32-20)11-7-6-10-18(27)34/h6-16H2,1-5H3,(H,28,29,30,31)/t27-/m1/s1. The number of aromatic amines is 1. The molecular weight excluding hydrogens is 500 g/mol. The minimum absolute atomic E-state index is 0.144. The lowest BCUT2D eigenvalue weighted by Crippen LogP contribution is -2.43. The number of anilines is 1. The summed E-state index contributed by atoms with van der Waals surface area (Å²) in [5, 5.41) is 12.8. The Morgan fingerprint density at radius 3 is 2.74 bits per heavy atom. The molecule has 3 aliphatic rings. The van der Waals surface area contributed by atoms with Crippen molar-refractivity contribution < 1.29 is 18.5 Å². The van der Waals surface area contributed by atoms with Crippen molar-refractivity contribution in [3.63, 3.8) is 0 Å². The van der Waals surface area contributed by atoms with Crippen molar-refractivity contribution >= 4 is 31.0 Å². The highest BCUT2D eigenvalue weighted by Gasteiger charge is 2.48. The summed E-state index contributed by atoms with van der Waals surface area (Å²) in [5.41, 5.74) is 1.69. The number of ketones is 1. The van der Waals surface area contributed by atoms with Crippen molar-refractivity contribution in [3.8, 4) is 17.4 Å². The number of fused-ring (bicyclic) bond motifs is 2. The van der Waals surface area contributed by atoms with Gasteiger partial charge in [-0.05, 0) is 50.2 Å². The molecule has 1 spiro atoms. The maximum Gasteiger partial charge on any atom is 0.246 e. The van der Waals surface area contributed by atoms with Crippen molar-refractivity contribution in [2.45, 2.75) is 89.3 Å². The van der Waals surface area contributed by atoms with Gasteiger partial charge in [-0.15, -0.1) is 5.10 Å². The average Bonchev–Trinajstić information content (AvgIpc) is 3.44. The summed E-state index contributed by atoms with van der Waals surface area (Å²) in [5.74, 6) is 2.81. The van der Waals surface area contributed by atoms with Crippen molar-refractivity contribution in [1.82, 2.24) is 25.3 Å². The van der Waals surface area contributed by atoms with E-state index in [4.69, 9.17) is 23.7 Å². The Balaban J connectivity index is 1.36. The van der Waals surface area contributed by atoms with Gasteiger partial charge in [-0.2, -0.15) is 0 Å². The van der Waals surface area contributed by atoms with E-state index in [1.807, 2.05) is 0 Å². The molecule has 3 aromatic heterocycles. The fraction of sp³-hybridized carbons (Fsp3) is 0.667. The molecule has 204 valence electrons. The Morgan fingerprint density at radius 1 is 1.13 bits per heavy atom. The highest BCUT2D eigenvalue weighted by Crippen LogP contribution is 2.48. The summed E-state index contributed by atoms with van der Waals surface area (Å²) in [6.07, 6.45) is 6.02. The number of rotatable bonds is 5. The summed E-state index contributed by atoms with van der Waals surface area (Å²) in [6, 6.07) is 0. The van der Waals surface area contributed by atoms with E-state index in [9.17, 15) is 4.79 Å².